The molecule has 7 nitrogen and oxygen atoms in total. The molecule has 0 bridgehead atoms. The van der Waals surface area contributed by atoms with Crippen LogP contribution in [0.15, 0.2) is 53.7 Å². The van der Waals surface area contributed by atoms with Gasteiger partial charge in [0, 0.05) is 37.9 Å². The zero-order valence-corrected chi connectivity index (χ0v) is 19.1. The lowest BCUT2D eigenvalue weighted by Gasteiger charge is -2.34. The van der Waals surface area contributed by atoms with Crippen LogP contribution in [0.2, 0.25) is 0 Å². The van der Waals surface area contributed by atoms with Crippen LogP contribution in [-0.2, 0) is 11.2 Å². The molecule has 0 amide bonds. The minimum absolute atomic E-state index is 0. The summed E-state index contributed by atoms with van der Waals surface area (Å²) in [5, 5.41) is 3.18. The van der Waals surface area contributed by atoms with Crippen LogP contribution in [0.1, 0.15) is 17.3 Å². The third-order valence-corrected chi connectivity index (χ3v) is 4.83. The maximum absolute atomic E-state index is 6.09. The molecule has 158 valence electrons. The third kappa shape index (κ3) is 7.45. The first-order valence-electron chi connectivity index (χ1n) is 9.65. The summed E-state index contributed by atoms with van der Waals surface area (Å²) in [5.41, 5.74) is 8.33. The van der Waals surface area contributed by atoms with Crippen molar-refractivity contribution >= 4 is 29.9 Å². The number of benzene rings is 1. The van der Waals surface area contributed by atoms with Crippen LogP contribution in [0.4, 0.5) is 0 Å². The highest BCUT2D eigenvalue weighted by atomic mass is 127. The van der Waals surface area contributed by atoms with Crippen LogP contribution in [0.25, 0.3) is 0 Å². The van der Waals surface area contributed by atoms with Crippen molar-refractivity contribution in [3.05, 3.63) is 59.9 Å². The van der Waals surface area contributed by atoms with E-state index in [9.17, 15) is 0 Å². The Balaban J connectivity index is 0.00000300. The van der Waals surface area contributed by atoms with Crippen LogP contribution >= 0.6 is 24.0 Å². The van der Waals surface area contributed by atoms with E-state index in [0.717, 1.165) is 44.2 Å². The predicted molar refractivity (Wildman–Crippen MR) is 126 cm³/mol. The summed E-state index contributed by atoms with van der Waals surface area (Å²) in [7, 11) is 1.68. The summed E-state index contributed by atoms with van der Waals surface area (Å²) < 4.78 is 10.8. The Morgan fingerprint density at radius 3 is 2.66 bits per heavy atom. The molecule has 2 aromatic rings. The Bertz CT molecular complexity index is 736. The van der Waals surface area contributed by atoms with Gasteiger partial charge in [-0.05, 0) is 29.8 Å². The zero-order valence-electron chi connectivity index (χ0n) is 16.8. The molecule has 1 aliphatic rings. The van der Waals surface area contributed by atoms with Gasteiger partial charge >= 0.3 is 0 Å². The summed E-state index contributed by atoms with van der Waals surface area (Å²) >= 11 is 0. The van der Waals surface area contributed by atoms with Crippen molar-refractivity contribution in [3.63, 3.8) is 0 Å². The molecule has 3 N–H and O–H groups in total. The lowest BCUT2D eigenvalue weighted by atomic mass is 10.0. The fraction of sp³-hybridized carbons (Fsp3) is 0.429. The molecule has 0 radical (unpaired) electrons. The van der Waals surface area contributed by atoms with E-state index in [2.05, 4.69) is 32.3 Å². The number of guanidine groups is 1. The lowest BCUT2D eigenvalue weighted by Crippen LogP contribution is -2.41. The number of ether oxygens (including phenoxy) is 2. The molecular formula is C21H30IN5O2. The van der Waals surface area contributed by atoms with Gasteiger partial charge in [-0.2, -0.15) is 0 Å². The van der Waals surface area contributed by atoms with Crippen molar-refractivity contribution in [2.24, 2.45) is 10.7 Å². The van der Waals surface area contributed by atoms with E-state index in [4.69, 9.17) is 15.2 Å². The first kappa shape index (κ1) is 23.4. The van der Waals surface area contributed by atoms with Gasteiger partial charge in [-0.15, -0.1) is 24.0 Å². The number of nitrogens with one attached hydrogen (secondary N) is 1. The number of halogens is 1. The fourth-order valence-corrected chi connectivity index (χ4v) is 3.25. The molecule has 8 heteroatoms. The highest BCUT2D eigenvalue weighted by Crippen LogP contribution is 2.24. The van der Waals surface area contributed by atoms with Gasteiger partial charge in [0.05, 0.1) is 32.9 Å². The fourth-order valence-electron chi connectivity index (χ4n) is 3.25. The number of pyridine rings is 1. The Labute approximate surface area is 189 Å². The quantitative estimate of drug-likeness (QED) is 0.321. The smallest absolute Gasteiger partial charge is 0.188 e. The number of nitrogens with two attached hydrogens (primary N) is 1. The molecule has 3 rings (SSSR count). The van der Waals surface area contributed by atoms with Crippen molar-refractivity contribution < 1.29 is 9.47 Å². The molecule has 1 aliphatic heterocycles. The largest absolute Gasteiger partial charge is 0.497 e. The van der Waals surface area contributed by atoms with E-state index >= 15 is 0 Å². The maximum Gasteiger partial charge on any atom is 0.188 e. The zero-order chi connectivity index (χ0) is 19.6. The number of hydrogen-bond acceptors (Lipinski definition) is 5. The topological polar surface area (TPSA) is 85.0 Å². The SMILES string of the molecule is COc1ccc(C(CN=C(N)NCCc2ccccn2)N2CCOCC2)cc1.I. The molecule has 1 atom stereocenters. The molecule has 0 saturated carbocycles. The van der Waals surface area contributed by atoms with E-state index < -0.39 is 0 Å². The number of aliphatic imine (C=N–C) groups is 1. The van der Waals surface area contributed by atoms with Gasteiger partial charge in [-0.3, -0.25) is 14.9 Å². The van der Waals surface area contributed by atoms with E-state index in [1.165, 1.54) is 5.56 Å². The van der Waals surface area contributed by atoms with Crippen LogP contribution in [0, 0.1) is 0 Å². The number of methoxy groups -OCH3 is 1. The van der Waals surface area contributed by atoms with E-state index in [1.807, 2.05) is 30.3 Å². The van der Waals surface area contributed by atoms with Crippen LogP contribution < -0.4 is 15.8 Å². The second kappa shape index (κ2) is 12.6. The van der Waals surface area contributed by atoms with E-state index in [-0.39, 0.29) is 30.0 Å². The molecular weight excluding hydrogens is 481 g/mol. The average Bonchev–Trinajstić information content (AvgIpc) is 2.76. The monoisotopic (exact) mass is 511 g/mol. The Morgan fingerprint density at radius 1 is 1.24 bits per heavy atom. The summed E-state index contributed by atoms with van der Waals surface area (Å²) in [6, 6.07) is 14.2. The second-order valence-corrected chi connectivity index (χ2v) is 6.66. The first-order valence-corrected chi connectivity index (χ1v) is 9.65. The lowest BCUT2D eigenvalue weighted by molar-refractivity contribution is 0.0180. The Hall–Kier alpha value is -1.91. The molecule has 0 spiro atoms. The minimum Gasteiger partial charge on any atom is -0.497 e. The molecule has 1 unspecified atom stereocenters. The molecule has 1 aromatic heterocycles. The van der Waals surface area contributed by atoms with Crippen molar-refractivity contribution in [2.75, 3.05) is 46.5 Å². The summed E-state index contributed by atoms with van der Waals surface area (Å²) in [4.78, 5) is 11.3. The standard InChI is InChI=1S/C21H29N5O2.HI/c1-27-19-7-5-17(6-8-19)20(26-12-14-28-15-13-26)16-25-21(22)24-11-9-18-4-2-3-10-23-18;/h2-8,10,20H,9,11-16H2,1H3,(H3,22,24,25);1H. The van der Waals surface area contributed by atoms with Gasteiger partial charge < -0.3 is 20.5 Å². The molecule has 29 heavy (non-hydrogen) atoms. The van der Waals surface area contributed by atoms with E-state index in [0.29, 0.717) is 19.0 Å². The highest BCUT2D eigenvalue weighted by Gasteiger charge is 2.22. The summed E-state index contributed by atoms with van der Waals surface area (Å²) in [6.45, 7) is 4.56. The molecule has 1 aromatic carbocycles. The van der Waals surface area contributed by atoms with Crippen LogP contribution in [0.3, 0.4) is 0 Å². The average molecular weight is 511 g/mol. The first-order chi connectivity index (χ1) is 13.8. The molecule has 2 heterocycles. The van der Waals surface area contributed by atoms with Gasteiger partial charge in [-0.25, -0.2) is 0 Å². The van der Waals surface area contributed by atoms with E-state index in [1.54, 1.807) is 13.3 Å². The number of morpholine rings is 1. The van der Waals surface area contributed by atoms with Gasteiger partial charge in [-0.1, -0.05) is 18.2 Å². The van der Waals surface area contributed by atoms with Gasteiger partial charge in [0.25, 0.3) is 0 Å². The predicted octanol–water partition coefficient (Wildman–Crippen LogP) is 2.23. The highest BCUT2D eigenvalue weighted by molar-refractivity contribution is 14.0. The summed E-state index contributed by atoms with van der Waals surface area (Å²) in [6.07, 6.45) is 2.61. The molecule has 1 fully saturated rings. The number of rotatable bonds is 8. The van der Waals surface area contributed by atoms with Crippen molar-refractivity contribution in [1.82, 2.24) is 15.2 Å². The maximum atomic E-state index is 6.09. The van der Waals surface area contributed by atoms with Gasteiger partial charge in [0.2, 0.25) is 0 Å². The van der Waals surface area contributed by atoms with Crippen molar-refractivity contribution in [2.45, 2.75) is 12.5 Å². The number of hydrogen-bond donors (Lipinski definition) is 2. The van der Waals surface area contributed by atoms with Crippen molar-refractivity contribution in [3.8, 4) is 5.75 Å². The Kier molecular flexibility index (Phi) is 10.2. The van der Waals surface area contributed by atoms with Crippen LogP contribution in [-0.4, -0.2) is 62.3 Å². The van der Waals surface area contributed by atoms with Crippen molar-refractivity contribution in [1.29, 1.82) is 0 Å². The Morgan fingerprint density at radius 2 is 2.00 bits per heavy atom. The molecule has 1 saturated heterocycles. The minimum atomic E-state index is 0. The molecule has 0 aliphatic carbocycles. The summed E-state index contributed by atoms with van der Waals surface area (Å²) in [5.74, 6) is 1.31. The second-order valence-electron chi connectivity index (χ2n) is 6.66. The van der Waals surface area contributed by atoms with Gasteiger partial charge in [0.15, 0.2) is 5.96 Å². The number of nitrogens with zero attached hydrogens (tertiary/aromatic N) is 3. The van der Waals surface area contributed by atoms with Crippen LogP contribution in [0.5, 0.6) is 5.75 Å². The normalized spacial score (nSPS) is 16.0. The third-order valence-electron chi connectivity index (χ3n) is 4.83. The van der Waals surface area contributed by atoms with Gasteiger partial charge in [0.1, 0.15) is 5.75 Å². The number of aromatic nitrogens is 1.